The third-order valence-electron chi connectivity index (χ3n) is 3.98. The third-order valence-corrected chi connectivity index (χ3v) is 4.33. The molecule has 0 amide bonds. The zero-order valence-corrected chi connectivity index (χ0v) is 10.8. The number of hydrogen-bond acceptors (Lipinski definition) is 2. The molecule has 1 aromatic rings. The van der Waals surface area contributed by atoms with Crippen LogP contribution in [-0.2, 0) is 13.6 Å². The van der Waals surface area contributed by atoms with Crippen molar-refractivity contribution >= 4 is 11.6 Å². The normalized spacial score (nSPS) is 18.4. The third kappa shape index (κ3) is 2.25. The summed E-state index contributed by atoms with van der Waals surface area (Å²) in [4.78, 5) is 4.27. The van der Waals surface area contributed by atoms with Crippen LogP contribution in [0.2, 0.25) is 5.15 Å². The summed E-state index contributed by atoms with van der Waals surface area (Å²) < 4.78 is 1.92. The molecule has 3 nitrogen and oxygen atoms in total. The largest absolute Gasteiger partial charge is 0.321 e. The summed E-state index contributed by atoms with van der Waals surface area (Å²) in [5.74, 6) is 1.01. The highest BCUT2D eigenvalue weighted by atomic mass is 35.5. The van der Waals surface area contributed by atoms with Crippen molar-refractivity contribution in [1.82, 2.24) is 14.9 Å². The first-order chi connectivity index (χ1) is 7.67. The lowest BCUT2D eigenvalue weighted by Crippen LogP contribution is -2.39. The minimum atomic E-state index is 0.564. The van der Waals surface area contributed by atoms with Crippen molar-refractivity contribution in [1.29, 1.82) is 0 Å². The second-order valence-corrected chi connectivity index (χ2v) is 5.25. The molecule has 4 heteroatoms. The molecule has 0 aliphatic heterocycles. The van der Waals surface area contributed by atoms with Gasteiger partial charge in [-0.05, 0) is 24.7 Å². The van der Waals surface area contributed by atoms with Crippen molar-refractivity contribution in [2.75, 3.05) is 6.54 Å². The van der Waals surface area contributed by atoms with Crippen LogP contribution in [0.25, 0.3) is 0 Å². The van der Waals surface area contributed by atoms with Gasteiger partial charge in [-0.25, -0.2) is 4.98 Å². The van der Waals surface area contributed by atoms with E-state index in [9.17, 15) is 0 Å². The fourth-order valence-corrected chi connectivity index (χ4v) is 2.51. The van der Waals surface area contributed by atoms with Crippen LogP contribution in [0.3, 0.4) is 0 Å². The number of nitrogens with zero attached hydrogens (tertiary/aromatic N) is 2. The summed E-state index contributed by atoms with van der Waals surface area (Å²) in [6, 6.07) is 0. The van der Waals surface area contributed by atoms with Crippen molar-refractivity contribution in [3.8, 4) is 0 Å². The van der Waals surface area contributed by atoms with Crippen LogP contribution in [-0.4, -0.2) is 16.1 Å². The molecule has 1 N–H and O–H groups in total. The van der Waals surface area contributed by atoms with Crippen LogP contribution in [0, 0.1) is 5.41 Å². The molecule has 90 valence electrons. The fourth-order valence-electron chi connectivity index (χ4n) is 2.36. The van der Waals surface area contributed by atoms with Gasteiger partial charge in [-0.2, -0.15) is 0 Å². The molecule has 0 radical (unpaired) electrons. The van der Waals surface area contributed by atoms with E-state index >= 15 is 0 Å². The van der Waals surface area contributed by atoms with E-state index in [0.717, 1.165) is 18.9 Å². The zero-order valence-electron chi connectivity index (χ0n) is 10.1. The molecular weight excluding hydrogens is 222 g/mol. The number of halogens is 1. The highest BCUT2D eigenvalue weighted by Crippen LogP contribution is 2.43. The highest BCUT2D eigenvalue weighted by molar-refractivity contribution is 6.29. The molecule has 1 aliphatic carbocycles. The van der Waals surface area contributed by atoms with Crippen LogP contribution >= 0.6 is 11.6 Å². The lowest BCUT2D eigenvalue weighted by atomic mass is 9.67. The standard InChI is InChI=1S/C12H20ClN3/c1-3-12(5-4-6-12)9-14-8-11-15-7-10(13)16(11)2/h7,14H,3-6,8-9H2,1-2H3. The van der Waals surface area contributed by atoms with Gasteiger partial charge in [-0.3, -0.25) is 0 Å². The Kier molecular flexibility index (Phi) is 3.55. The van der Waals surface area contributed by atoms with Gasteiger partial charge in [0.2, 0.25) is 0 Å². The lowest BCUT2D eigenvalue weighted by molar-refractivity contribution is 0.123. The van der Waals surface area contributed by atoms with Crippen molar-refractivity contribution in [3.63, 3.8) is 0 Å². The molecule has 2 rings (SSSR count). The van der Waals surface area contributed by atoms with Gasteiger partial charge in [-0.15, -0.1) is 0 Å². The van der Waals surface area contributed by atoms with Crippen LogP contribution in [0.1, 0.15) is 38.4 Å². The first-order valence-electron chi connectivity index (χ1n) is 6.04. The summed E-state index contributed by atoms with van der Waals surface area (Å²) in [5.41, 5.74) is 0.564. The summed E-state index contributed by atoms with van der Waals surface area (Å²) in [6.07, 6.45) is 7.12. The van der Waals surface area contributed by atoms with Crippen molar-refractivity contribution in [2.24, 2.45) is 12.5 Å². The van der Waals surface area contributed by atoms with Crippen molar-refractivity contribution < 1.29 is 0 Å². The van der Waals surface area contributed by atoms with E-state index in [1.165, 1.54) is 25.7 Å². The molecule has 0 bridgehead atoms. The van der Waals surface area contributed by atoms with Gasteiger partial charge < -0.3 is 9.88 Å². The van der Waals surface area contributed by atoms with E-state index in [2.05, 4.69) is 17.2 Å². The molecule has 0 unspecified atom stereocenters. The minimum absolute atomic E-state index is 0.564. The average Bonchev–Trinajstić information content (AvgIpc) is 2.53. The van der Waals surface area contributed by atoms with E-state index in [-0.39, 0.29) is 0 Å². The molecular formula is C12H20ClN3. The van der Waals surface area contributed by atoms with E-state index in [1.807, 2.05) is 11.6 Å². The first-order valence-corrected chi connectivity index (χ1v) is 6.41. The van der Waals surface area contributed by atoms with Gasteiger partial charge in [0.05, 0.1) is 12.7 Å². The first kappa shape index (κ1) is 11.9. The Balaban J connectivity index is 1.82. The van der Waals surface area contributed by atoms with Gasteiger partial charge in [0, 0.05) is 13.6 Å². The van der Waals surface area contributed by atoms with E-state index < -0.39 is 0 Å². The van der Waals surface area contributed by atoms with Crippen LogP contribution in [0.5, 0.6) is 0 Å². The fraction of sp³-hybridized carbons (Fsp3) is 0.750. The molecule has 0 aromatic carbocycles. The van der Waals surface area contributed by atoms with Gasteiger partial charge in [0.25, 0.3) is 0 Å². The zero-order chi connectivity index (χ0) is 11.6. The Morgan fingerprint density at radius 3 is 2.75 bits per heavy atom. The molecule has 1 saturated carbocycles. The average molecular weight is 242 g/mol. The summed E-state index contributed by atoms with van der Waals surface area (Å²) >= 11 is 5.94. The summed E-state index contributed by atoms with van der Waals surface area (Å²) in [5, 5.41) is 4.21. The predicted octanol–water partition coefficient (Wildman–Crippen LogP) is 2.74. The maximum Gasteiger partial charge on any atom is 0.128 e. The highest BCUT2D eigenvalue weighted by Gasteiger charge is 2.34. The number of aromatic nitrogens is 2. The molecule has 1 heterocycles. The maximum atomic E-state index is 5.94. The smallest absolute Gasteiger partial charge is 0.128 e. The molecule has 16 heavy (non-hydrogen) atoms. The molecule has 0 saturated heterocycles. The lowest BCUT2D eigenvalue weighted by Gasteiger charge is -2.41. The van der Waals surface area contributed by atoms with Gasteiger partial charge in [0.1, 0.15) is 11.0 Å². The molecule has 0 spiro atoms. The number of hydrogen-bond donors (Lipinski definition) is 1. The minimum Gasteiger partial charge on any atom is -0.321 e. The van der Waals surface area contributed by atoms with E-state index in [0.29, 0.717) is 10.6 Å². The Labute approximate surface area is 102 Å². The predicted molar refractivity (Wildman–Crippen MR) is 66.5 cm³/mol. The topological polar surface area (TPSA) is 29.9 Å². The van der Waals surface area contributed by atoms with Gasteiger partial charge in [-0.1, -0.05) is 24.9 Å². The van der Waals surface area contributed by atoms with Gasteiger partial charge in [0.15, 0.2) is 0 Å². The number of nitrogens with one attached hydrogen (secondary N) is 1. The molecule has 1 aromatic heterocycles. The molecule has 0 atom stereocenters. The summed E-state index contributed by atoms with van der Waals surface area (Å²) in [6.45, 7) is 4.21. The summed E-state index contributed by atoms with van der Waals surface area (Å²) in [7, 11) is 1.95. The Morgan fingerprint density at radius 2 is 2.31 bits per heavy atom. The van der Waals surface area contributed by atoms with Crippen LogP contribution in [0.4, 0.5) is 0 Å². The van der Waals surface area contributed by atoms with Gasteiger partial charge >= 0.3 is 0 Å². The number of imidazole rings is 1. The van der Waals surface area contributed by atoms with Crippen molar-refractivity contribution in [3.05, 3.63) is 17.2 Å². The Bertz CT molecular complexity index is 350. The maximum absolute atomic E-state index is 5.94. The van der Waals surface area contributed by atoms with Crippen LogP contribution < -0.4 is 5.32 Å². The second-order valence-electron chi connectivity index (χ2n) is 4.87. The monoisotopic (exact) mass is 241 g/mol. The quantitative estimate of drug-likeness (QED) is 0.859. The SMILES string of the molecule is CCC1(CNCc2ncc(Cl)n2C)CCC1. The molecule has 1 aliphatic rings. The number of rotatable bonds is 5. The van der Waals surface area contributed by atoms with Crippen LogP contribution in [0.15, 0.2) is 6.20 Å². The second kappa shape index (κ2) is 4.76. The molecule has 1 fully saturated rings. The Hall–Kier alpha value is -0.540. The van der Waals surface area contributed by atoms with E-state index in [1.54, 1.807) is 6.20 Å². The van der Waals surface area contributed by atoms with E-state index in [4.69, 9.17) is 11.6 Å². The Morgan fingerprint density at radius 1 is 1.56 bits per heavy atom. The van der Waals surface area contributed by atoms with Crippen molar-refractivity contribution in [2.45, 2.75) is 39.2 Å².